The van der Waals surface area contributed by atoms with E-state index in [1.807, 2.05) is 11.8 Å². The molecule has 104 valence electrons. The lowest BCUT2D eigenvalue weighted by Gasteiger charge is -2.16. The molecule has 1 aromatic carbocycles. The van der Waals surface area contributed by atoms with Gasteiger partial charge in [0.05, 0.1) is 18.7 Å². The first kappa shape index (κ1) is 14.4. The maximum absolute atomic E-state index is 5.20. The van der Waals surface area contributed by atoms with Crippen molar-refractivity contribution in [1.82, 2.24) is 5.32 Å². The van der Waals surface area contributed by atoms with E-state index in [1.54, 1.807) is 7.11 Å². The summed E-state index contributed by atoms with van der Waals surface area (Å²) in [4.78, 5) is 4.77. The number of nitrogens with zero attached hydrogens (tertiary/aromatic N) is 1. The lowest BCUT2D eigenvalue weighted by molar-refractivity contribution is 0.172. The molecule has 0 spiro atoms. The van der Waals surface area contributed by atoms with E-state index in [-0.39, 0.29) is 0 Å². The summed E-state index contributed by atoms with van der Waals surface area (Å²) in [5, 5.41) is 4.54. The van der Waals surface area contributed by atoms with Gasteiger partial charge in [-0.05, 0) is 18.4 Å². The van der Waals surface area contributed by atoms with Crippen LogP contribution in [0.15, 0.2) is 35.3 Å². The monoisotopic (exact) mass is 278 g/mol. The first-order chi connectivity index (χ1) is 9.31. The number of amidine groups is 1. The van der Waals surface area contributed by atoms with Crippen LogP contribution in [-0.2, 0) is 11.2 Å². The van der Waals surface area contributed by atoms with Crippen LogP contribution in [-0.4, -0.2) is 36.7 Å². The van der Waals surface area contributed by atoms with E-state index in [4.69, 9.17) is 9.73 Å². The van der Waals surface area contributed by atoms with Crippen LogP contribution in [0.4, 0.5) is 0 Å². The molecule has 2 rings (SSSR count). The second kappa shape index (κ2) is 7.56. The van der Waals surface area contributed by atoms with Crippen molar-refractivity contribution in [1.29, 1.82) is 0 Å². The minimum Gasteiger partial charge on any atom is -0.383 e. The zero-order chi connectivity index (χ0) is 13.5. The Kier molecular flexibility index (Phi) is 5.73. The van der Waals surface area contributed by atoms with E-state index in [9.17, 15) is 0 Å². The van der Waals surface area contributed by atoms with Gasteiger partial charge < -0.3 is 10.1 Å². The van der Waals surface area contributed by atoms with Crippen molar-refractivity contribution < 1.29 is 4.74 Å². The molecule has 0 bridgehead atoms. The molecule has 1 N–H and O–H groups in total. The second-order valence-corrected chi connectivity index (χ2v) is 5.80. The largest absolute Gasteiger partial charge is 0.383 e. The van der Waals surface area contributed by atoms with Gasteiger partial charge in [0.25, 0.3) is 0 Å². The van der Waals surface area contributed by atoms with Crippen LogP contribution < -0.4 is 5.32 Å². The highest BCUT2D eigenvalue weighted by Gasteiger charge is 2.20. The van der Waals surface area contributed by atoms with Crippen LogP contribution in [0.1, 0.15) is 18.9 Å². The van der Waals surface area contributed by atoms with E-state index in [2.05, 4.69) is 42.6 Å². The molecule has 0 aliphatic carbocycles. The van der Waals surface area contributed by atoms with Crippen molar-refractivity contribution in [3.05, 3.63) is 35.9 Å². The summed E-state index contributed by atoms with van der Waals surface area (Å²) in [5.74, 6) is 1.07. The predicted octanol–water partition coefficient (Wildman–Crippen LogP) is 2.72. The van der Waals surface area contributed by atoms with Crippen molar-refractivity contribution in [3.63, 3.8) is 0 Å². The van der Waals surface area contributed by atoms with Crippen LogP contribution >= 0.6 is 11.8 Å². The molecule has 1 heterocycles. The number of methoxy groups -OCH3 is 1. The molecule has 2 unspecified atom stereocenters. The summed E-state index contributed by atoms with van der Waals surface area (Å²) in [6.07, 6.45) is 2.08. The third kappa shape index (κ3) is 4.55. The van der Waals surface area contributed by atoms with Gasteiger partial charge in [0, 0.05) is 12.9 Å². The summed E-state index contributed by atoms with van der Waals surface area (Å²) in [7, 11) is 1.74. The van der Waals surface area contributed by atoms with Crippen LogP contribution in [0.2, 0.25) is 0 Å². The van der Waals surface area contributed by atoms with Crippen molar-refractivity contribution in [2.75, 3.05) is 19.5 Å². The van der Waals surface area contributed by atoms with Crippen molar-refractivity contribution in [2.24, 2.45) is 4.99 Å². The molecule has 3 nitrogen and oxygen atoms in total. The zero-order valence-electron chi connectivity index (χ0n) is 11.6. The summed E-state index contributed by atoms with van der Waals surface area (Å²) >= 11 is 1.82. The van der Waals surface area contributed by atoms with Gasteiger partial charge in [0.15, 0.2) is 5.17 Å². The average Bonchev–Trinajstić information content (AvgIpc) is 2.86. The van der Waals surface area contributed by atoms with Gasteiger partial charge in [-0.25, -0.2) is 0 Å². The number of hydrogen-bond donors (Lipinski definition) is 1. The molecule has 4 heteroatoms. The normalized spacial score (nSPS) is 20.1. The van der Waals surface area contributed by atoms with Crippen LogP contribution in [0, 0.1) is 0 Å². The van der Waals surface area contributed by atoms with Crippen molar-refractivity contribution >= 4 is 16.9 Å². The van der Waals surface area contributed by atoms with E-state index in [0.29, 0.717) is 12.1 Å². The maximum atomic E-state index is 5.20. The van der Waals surface area contributed by atoms with Crippen molar-refractivity contribution in [3.8, 4) is 0 Å². The Bertz CT molecular complexity index is 408. The molecule has 0 saturated carbocycles. The molecule has 19 heavy (non-hydrogen) atoms. The fraction of sp³-hybridized carbons (Fsp3) is 0.533. The van der Waals surface area contributed by atoms with E-state index in [1.165, 1.54) is 5.56 Å². The van der Waals surface area contributed by atoms with E-state index < -0.39 is 0 Å². The third-order valence-corrected chi connectivity index (χ3v) is 4.26. The zero-order valence-corrected chi connectivity index (χ0v) is 12.5. The molecule has 1 aromatic rings. The summed E-state index contributed by atoms with van der Waals surface area (Å²) in [6, 6.07) is 11.3. The van der Waals surface area contributed by atoms with E-state index >= 15 is 0 Å². The van der Waals surface area contributed by atoms with Gasteiger partial charge in [-0.15, -0.1) is 0 Å². The summed E-state index contributed by atoms with van der Waals surface area (Å²) in [6.45, 7) is 2.90. The van der Waals surface area contributed by atoms with Gasteiger partial charge in [0.1, 0.15) is 0 Å². The van der Waals surface area contributed by atoms with Gasteiger partial charge in [-0.2, -0.15) is 0 Å². The molecule has 0 amide bonds. The van der Waals surface area contributed by atoms with Crippen molar-refractivity contribution in [2.45, 2.75) is 31.8 Å². The summed E-state index contributed by atoms with van der Waals surface area (Å²) < 4.78 is 5.20. The van der Waals surface area contributed by atoms with Gasteiger partial charge in [0.2, 0.25) is 0 Å². The number of rotatable bonds is 6. The number of benzene rings is 1. The molecule has 2 atom stereocenters. The number of hydrogen-bond acceptors (Lipinski definition) is 4. The lowest BCUT2D eigenvalue weighted by atomic mass is 10.1. The molecule has 0 radical (unpaired) electrons. The highest BCUT2D eigenvalue weighted by molar-refractivity contribution is 8.14. The van der Waals surface area contributed by atoms with Crippen LogP contribution in [0.25, 0.3) is 0 Å². The Labute approximate surface area is 119 Å². The average molecular weight is 278 g/mol. The van der Waals surface area contributed by atoms with Gasteiger partial charge >= 0.3 is 0 Å². The fourth-order valence-electron chi connectivity index (χ4n) is 2.12. The SMILES string of the molecule is CCC(COC)NC1=NC(Cc2ccccc2)CS1. The molecule has 1 aliphatic heterocycles. The first-order valence-corrected chi connectivity index (χ1v) is 7.80. The Morgan fingerprint density at radius 1 is 1.42 bits per heavy atom. The fourth-order valence-corrected chi connectivity index (χ4v) is 3.14. The second-order valence-electron chi connectivity index (χ2n) is 4.79. The Balaban J connectivity index is 1.86. The summed E-state index contributed by atoms with van der Waals surface area (Å²) in [5.41, 5.74) is 1.36. The minimum atomic E-state index is 0.367. The number of aliphatic imine (C=N–C) groups is 1. The topological polar surface area (TPSA) is 33.6 Å². The predicted molar refractivity (Wildman–Crippen MR) is 82.9 cm³/mol. The van der Waals surface area contributed by atoms with Crippen LogP contribution in [0.5, 0.6) is 0 Å². The third-order valence-electron chi connectivity index (χ3n) is 3.21. The Hall–Kier alpha value is -1.00. The Morgan fingerprint density at radius 3 is 2.89 bits per heavy atom. The first-order valence-electron chi connectivity index (χ1n) is 6.81. The number of nitrogens with one attached hydrogen (secondary N) is 1. The smallest absolute Gasteiger partial charge is 0.157 e. The van der Waals surface area contributed by atoms with Gasteiger partial charge in [-0.1, -0.05) is 49.0 Å². The quantitative estimate of drug-likeness (QED) is 0.868. The number of thioether (sulfide) groups is 1. The molecule has 0 saturated heterocycles. The minimum absolute atomic E-state index is 0.367. The van der Waals surface area contributed by atoms with Gasteiger partial charge in [-0.3, -0.25) is 4.99 Å². The van der Waals surface area contributed by atoms with Crippen LogP contribution in [0.3, 0.4) is 0 Å². The molecular formula is C15H22N2OS. The molecule has 1 aliphatic rings. The Morgan fingerprint density at radius 2 is 2.21 bits per heavy atom. The molecular weight excluding hydrogens is 256 g/mol. The lowest BCUT2D eigenvalue weighted by Crippen LogP contribution is -2.35. The standard InChI is InChI=1S/C15H22N2OS/c1-3-13(10-18-2)16-15-17-14(11-19-15)9-12-7-5-4-6-8-12/h4-8,13-14H,3,9-11H2,1-2H3,(H,16,17). The maximum Gasteiger partial charge on any atom is 0.157 e. The molecule has 0 aromatic heterocycles. The van der Waals surface area contributed by atoms with E-state index in [0.717, 1.165) is 30.4 Å². The molecule has 0 fully saturated rings. The highest BCUT2D eigenvalue weighted by Crippen LogP contribution is 2.20. The number of ether oxygens (including phenoxy) is 1. The highest BCUT2D eigenvalue weighted by atomic mass is 32.2.